The van der Waals surface area contributed by atoms with Gasteiger partial charge >= 0.3 is 6.03 Å². The fourth-order valence-electron chi connectivity index (χ4n) is 5.18. The molecule has 2 aliphatic heterocycles. The zero-order valence-corrected chi connectivity index (χ0v) is 22.9. The molecule has 4 amide bonds. The molecule has 40 heavy (non-hydrogen) atoms. The third kappa shape index (κ3) is 6.26. The number of amides is 4. The fraction of sp³-hybridized carbons (Fsp3) is 0.323. The third-order valence-corrected chi connectivity index (χ3v) is 7.32. The molecule has 9 nitrogen and oxygen atoms in total. The van der Waals surface area contributed by atoms with Crippen LogP contribution < -0.4 is 15.4 Å². The minimum Gasteiger partial charge on any atom is -0.490 e. The zero-order valence-electron chi connectivity index (χ0n) is 22.9. The standard InChI is InChI=1S/C31H35N5O4/c1-22-18-25-14-9-15-26(29(25)40-22)20-35-16-17-36(34(2)31(39)32-19-23-10-5-3-6-11-23)21-27(37)33-28(30(35)38)24-12-7-4-8-13-24/h3-15,22,28H,16-21H2,1-2H3,(H,32,39)(H,33,37)/t22?,28-/m0/s1. The van der Waals surface area contributed by atoms with Gasteiger partial charge < -0.3 is 20.3 Å². The first-order valence-corrected chi connectivity index (χ1v) is 13.6. The van der Waals surface area contributed by atoms with Crippen molar-refractivity contribution in [1.82, 2.24) is 25.6 Å². The predicted molar refractivity (Wildman–Crippen MR) is 151 cm³/mol. The van der Waals surface area contributed by atoms with Gasteiger partial charge in [0, 0.05) is 45.2 Å². The maximum Gasteiger partial charge on any atom is 0.331 e. The number of para-hydroxylation sites is 1. The lowest BCUT2D eigenvalue weighted by molar-refractivity contribution is -0.136. The summed E-state index contributed by atoms with van der Waals surface area (Å²) in [5.74, 6) is 0.281. The smallest absolute Gasteiger partial charge is 0.331 e. The summed E-state index contributed by atoms with van der Waals surface area (Å²) in [6.07, 6.45) is 0.911. The zero-order chi connectivity index (χ0) is 28.1. The second kappa shape index (κ2) is 12.2. The Balaban J connectivity index is 1.38. The lowest BCUT2D eigenvalue weighted by Crippen LogP contribution is -2.52. The minimum atomic E-state index is -0.845. The van der Waals surface area contributed by atoms with Crippen LogP contribution in [-0.4, -0.2) is 65.5 Å². The average Bonchev–Trinajstić information content (AvgIpc) is 3.38. The van der Waals surface area contributed by atoms with Gasteiger partial charge in [-0.3, -0.25) is 14.6 Å². The monoisotopic (exact) mass is 541 g/mol. The number of nitrogens with zero attached hydrogens (tertiary/aromatic N) is 3. The molecule has 2 aliphatic rings. The summed E-state index contributed by atoms with van der Waals surface area (Å²) in [4.78, 5) is 42.0. The van der Waals surface area contributed by atoms with Gasteiger partial charge in [0.05, 0.1) is 6.54 Å². The number of carbonyl (C=O) groups is 3. The summed E-state index contributed by atoms with van der Waals surface area (Å²) in [5, 5.41) is 8.91. The molecule has 2 heterocycles. The van der Waals surface area contributed by atoms with Gasteiger partial charge in [-0.05, 0) is 23.6 Å². The van der Waals surface area contributed by atoms with Crippen LogP contribution in [0.25, 0.3) is 0 Å². The summed E-state index contributed by atoms with van der Waals surface area (Å²) in [5.41, 5.74) is 3.73. The van der Waals surface area contributed by atoms with Gasteiger partial charge in [-0.25, -0.2) is 9.80 Å². The van der Waals surface area contributed by atoms with E-state index in [0.717, 1.165) is 28.9 Å². The first-order valence-electron chi connectivity index (χ1n) is 13.6. The highest BCUT2D eigenvalue weighted by Crippen LogP contribution is 2.33. The highest BCUT2D eigenvalue weighted by molar-refractivity contribution is 5.90. The molecular formula is C31H35N5O4. The molecule has 2 atom stereocenters. The van der Waals surface area contributed by atoms with Crippen LogP contribution in [0.3, 0.4) is 0 Å². The molecule has 9 heteroatoms. The number of fused-ring (bicyclic) bond motifs is 1. The number of urea groups is 1. The van der Waals surface area contributed by atoms with Crippen LogP contribution in [0.2, 0.25) is 0 Å². The Kier molecular flexibility index (Phi) is 8.31. The molecule has 1 fully saturated rings. The summed E-state index contributed by atoms with van der Waals surface area (Å²) < 4.78 is 6.10. The minimum absolute atomic E-state index is 0.0684. The quantitative estimate of drug-likeness (QED) is 0.500. The topological polar surface area (TPSA) is 94.2 Å². The van der Waals surface area contributed by atoms with Crippen LogP contribution in [0.5, 0.6) is 5.75 Å². The molecule has 5 rings (SSSR count). The van der Waals surface area contributed by atoms with E-state index in [0.29, 0.717) is 31.7 Å². The van der Waals surface area contributed by atoms with Crippen LogP contribution in [0.1, 0.15) is 35.2 Å². The molecule has 1 unspecified atom stereocenters. The summed E-state index contributed by atoms with van der Waals surface area (Å²) >= 11 is 0. The van der Waals surface area contributed by atoms with Crippen molar-refractivity contribution in [3.05, 3.63) is 101 Å². The molecular weight excluding hydrogens is 506 g/mol. The van der Waals surface area contributed by atoms with Crippen molar-refractivity contribution in [3.8, 4) is 5.75 Å². The SMILES string of the molecule is CC1Cc2cccc(CN3CCN(N(C)C(=O)NCc4ccccc4)CC(=O)N[C@@H](c4ccccc4)C3=O)c2O1. The van der Waals surface area contributed by atoms with Crippen molar-refractivity contribution in [3.63, 3.8) is 0 Å². The lowest BCUT2D eigenvalue weighted by Gasteiger charge is -2.32. The van der Waals surface area contributed by atoms with Crippen molar-refractivity contribution in [2.45, 2.75) is 38.6 Å². The molecule has 2 N–H and O–H groups in total. The van der Waals surface area contributed by atoms with E-state index in [1.165, 1.54) is 5.01 Å². The number of ether oxygens (including phenoxy) is 1. The highest BCUT2D eigenvalue weighted by atomic mass is 16.5. The molecule has 208 valence electrons. The number of hydrogen-bond donors (Lipinski definition) is 2. The van der Waals surface area contributed by atoms with Crippen molar-refractivity contribution in [2.75, 3.05) is 26.7 Å². The first kappa shape index (κ1) is 27.2. The average molecular weight is 542 g/mol. The number of benzene rings is 3. The van der Waals surface area contributed by atoms with E-state index in [-0.39, 0.29) is 30.5 Å². The fourth-order valence-corrected chi connectivity index (χ4v) is 5.18. The van der Waals surface area contributed by atoms with Crippen LogP contribution >= 0.6 is 0 Å². The number of hydrogen-bond acceptors (Lipinski definition) is 5. The molecule has 0 aromatic heterocycles. The van der Waals surface area contributed by atoms with E-state index < -0.39 is 6.04 Å². The van der Waals surface area contributed by atoms with Gasteiger partial charge in [0.1, 0.15) is 17.9 Å². The third-order valence-electron chi connectivity index (χ3n) is 7.32. The molecule has 0 bridgehead atoms. The van der Waals surface area contributed by atoms with Gasteiger partial charge in [0.15, 0.2) is 0 Å². The number of carbonyl (C=O) groups excluding carboxylic acids is 3. The Hall–Kier alpha value is -4.37. The molecule has 0 aliphatic carbocycles. The van der Waals surface area contributed by atoms with Gasteiger partial charge in [0.2, 0.25) is 11.8 Å². The van der Waals surface area contributed by atoms with Crippen molar-refractivity contribution >= 4 is 17.8 Å². The maximum absolute atomic E-state index is 14.0. The molecule has 0 spiro atoms. The van der Waals surface area contributed by atoms with E-state index in [4.69, 9.17) is 4.74 Å². The predicted octanol–water partition coefficient (Wildman–Crippen LogP) is 3.27. The largest absolute Gasteiger partial charge is 0.490 e. The molecule has 3 aromatic carbocycles. The number of hydrazine groups is 1. The van der Waals surface area contributed by atoms with Crippen molar-refractivity contribution < 1.29 is 19.1 Å². The Morgan fingerprint density at radius 3 is 2.48 bits per heavy atom. The van der Waals surface area contributed by atoms with Gasteiger partial charge in [0.25, 0.3) is 0 Å². The van der Waals surface area contributed by atoms with Gasteiger partial charge in [-0.2, -0.15) is 0 Å². The van der Waals surface area contributed by atoms with E-state index in [1.807, 2.05) is 79.7 Å². The van der Waals surface area contributed by atoms with Crippen molar-refractivity contribution in [1.29, 1.82) is 0 Å². The Morgan fingerprint density at radius 1 is 1.00 bits per heavy atom. The van der Waals surface area contributed by atoms with Crippen LogP contribution in [0, 0.1) is 0 Å². The second-order valence-corrected chi connectivity index (χ2v) is 10.3. The van der Waals surface area contributed by atoms with E-state index in [9.17, 15) is 14.4 Å². The first-order chi connectivity index (χ1) is 19.4. The normalized spacial score (nSPS) is 19.5. The maximum atomic E-state index is 14.0. The summed E-state index contributed by atoms with van der Waals surface area (Å²) in [6, 6.07) is 23.7. The summed E-state index contributed by atoms with van der Waals surface area (Å²) in [7, 11) is 1.63. The van der Waals surface area contributed by atoms with Crippen LogP contribution in [-0.2, 0) is 29.1 Å². The second-order valence-electron chi connectivity index (χ2n) is 10.3. The number of nitrogens with one attached hydrogen (secondary N) is 2. The lowest BCUT2D eigenvalue weighted by atomic mass is 10.0. The molecule has 0 saturated carbocycles. The molecule has 0 radical (unpaired) electrons. The van der Waals surface area contributed by atoms with Crippen molar-refractivity contribution in [2.24, 2.45) is 0 Å². The van der Waals surface area contributed by atoms with E-state index in [1.54, 1.807) is 17.0 Å². The van der Waals surface area contributed by atoms with E-state index >= 15 is 0 Å². The van der Waals surface area contributed by atoms with E-state index in [2.05, 4.69) is 16.7 Å². The number of rotatable bonds is 6. The summed E-state index contributed by atoms with van der Waals surface area (Å²) in [6.45, 7) is 3.26. The van der Waals surface area contributed by atoms with Crippen LogP contribution in [0.15, 0.2) is 78.9 Å². The Bertz CT molecular complexity index is 1350. The Labute approximate surface area is 234 Å². The highest BCUT2D eigenvalue weighted by Gasteiger charge is 2.33. The van der Waals surface area contributed by atoms with Crippen LogP contribution in [0.4, 0.5) is 4.79 Å². The Morgan fingerprint density at radius 2 is 1.73 bits per heavy atom. The van der Waals surface area contributed by atoms with Gasteiger partial charge in [-0.15, -0.1) is 0 Å². The molecule has 3 aromatic rings. The van der Waals surface area contributed by atoms with Gasteiger partial charge in [-0.1, -0.05) is 78.9 Å². The molecule has 1 saturated heterocycles.